The standard InChI is InChI=1S/C23H25NO4/c1-13(2)21(23(25)26)24-19-12-20(16-6-8-17(27-5)9-7-16)28-22-15(4)10-14(3)11-18(19)22/h6-13,21H,1-5H3,(H,25,26)/p-1/t21-/m0/s1. The van der Waals surface area contributed by atoms with E-state index < -0.39 is 12.0 Å². The molecule has 1 aromatic heterocycles. The van der Waals surface area contributed by atoms with Crippen molar-refractivity contribution in [2.75, 3.05) is 7.11 Å². The van der Waals surface area contributed by atoms with Crippen molar-refractivity contribution < 1.29 is 19.1 Å². The van der Waals surface area contributed by atoms with Gasteiger partial charge in [0, 0.05) is 17.0 Å². The summed E-state index contributed by atoms with van der Waals surface area (Å²) < 4.78 is 11.4. The molecule has 0 N–H and O–H groups in total. The molecule has 0 aliphatic heterocycles. The predicted molar refractivity (Wildman–Crippen MR) is 107 cm³/mol. The van der Waals surface area contributed by atoms with Gasteiger partial charge in [-0.2, -0.15) is 0 Å². The lowest BCUT2D eigenvalue weighted by Gasteiger charge is -2.17. The molecule has 0 saturated heterocycles. The van der Waals surface area contributed by atoms with E-state index in [1.165, 1.54) is 0 Å². The summed E-state index contributed by atoms with van der Waals surface area (Å²) in [5.41, 5.74) is 3.58. The number of benzene rings is 2. The van der Waals surface area contributed by atoms with Gasteiger partial charge in [-0.05, 0) is 61.2 Å². The molecule has 0 amide bonds. The number of ether oxygens (including phenoxy) is 1. The number of hydrogen-bond donors (Lipinski definition) is 0. The van der Waals surface area contributed by atoms with Crippen LogP contribution in [0, 0.1) is 19.8 Å². The molecule has 1 atom stereocenters. The molecule has 146 valence electrons. The molecular weight excluding hydrogens is 354 g/mol. The van der Waals surface area contributed by atoms with Crippen molar-refractivity contribution in [3.63, 3.8) is 0 Å². The minimum atomic E-state index is -1.18. The summed E-state index contributed by atoms with van der Waals surface area (Å²) in [6.07, 6.45) is 0. The second kappa shape index (κ2) is 7.89. The van der Waals surface area contributed by atoms with Crippen LogP contribution < -0.4 is 15.2 Å². The Morgan fingerprint density at radius 2 is 1.79 bits per heavy atom. The molecule has 0 aliphatic carbocycles. The molecule has 5 nitrogen and oxygen atoms in total. The fourth-order valence-electron chi connectivity index (χ4n) is 3.25. The summed E-state index contributed by atoms with van der Waals surface area (Å²) in [5, 5.41) is 13.0. The van der Waals surface area contributed by atoms with Gasteiger partial charge in [0.05, 0.1) is 24.5 Å². The molecule has 3 rings (SSSR count). The van der Waals surface area contributed by atoms with Crippen LogP contribution in [0.1, 0.15) is 25.0 Å². The Bertz CT molecular complexity index is 1080. The number of carboxylic acid groups (broad SMARTS) is 1. The van der Waals surface area contributed by atoms with Crippen molar-refractivity contribution in [1.29, 1.82) is 0 Å². The maximum Gasteiger partial charge on any atom is 0.139 e. The molecule has 0 saturated carbocycles. The fourth-order valence-corrected chi connectivity index (χ4v) is 3.25. The van der Waals surface area contributed by atoms with Crippen LogP contribution in [0.25, 0.3) is 22.3 Å². The summed E-state index contributed by atoms with van der Waals surface area (Å²) >= 11 is 0. The molecule has 1 heterocycles. The van der Waals surface area contributed by atoms with Gasteiger partial charge in [-0.3, -0.25) is 4.99 Å². The van der Waals surface area contributed by atoms with Crippen molar-refractivity contribution >= 4 is 16.9 Å². The highest BCUT2D eigenvalue weighted by molar-refractivity contribution is 5.82. The quantitative estimate of drug-likeness (QED) is 0.682. The first-order chi connectivity index (χ1) is 13.3. The molecule has 0 unspecified atom stereocenters. The number of aryl methyl sites for hydroxylation is 2. The van der Waals surface area contributed by atoms with E-state index in [0.29, 0.717) is 16.7 Å². The summed E-state index contributed by atoms with van der Waals surface area (Å²) in [7, 11) is 1.62. The maximum absolute atomic E-state index is 11.6. The van der Waals surface area contributed by atoms with E-state index in [1.807, 2.05) is 64.1 Å². The average molecular weight is 378 g/mol. The largest absolute Gasteiger partial charge is 0.548 e. The van der Waals surface area contributed by atoms with Crippen molar-refractivity contribution in [1.82, 2.24) is 0 Å². The van der Waals surface area contributed by atoms with Crippen LogP contribution in [0.15, 0.2) is 51.9 Å². The Hall–Kier alpha value is -3.08. The van der Waals surface area contributed by atoms with Gasteiger partial charge in [-0.1, -0.05) is 19.9 Å². The smallest absolute Gasteiger partial charge is 0.139 e. The molecule has 0 spiro atoms. The second-order valence-electron chi connectivity index (χ2n) is 7.32. The Balaban J connectivity index is 2.32. The molecular formula is C23H24NO4-. The average Bonchev–Trinajstić information content (AvgIpc) is 2.65. The van der Waals surface area contributed by atoms with E-state index in [4.69, 9.17) is 9.15 Å². The van der Waals surface area contributed by atoms with E-state index in [1.54, 1.807) is 13.2 Å². The second-order valence-corrected chi connectivity index (χ2v) is 7.32. The van der Waals surface area contributed by atoms with E-state index in [2.05, 4.69) is 4.99 Å². The Morgan fingerprint density at radius 1 is 1.11 bits per heavy atom. The first-order valence-corrected chi connectivity index (χ1v) is 9.24. The lowest BCUT2D eigenvalue weighted by atomic mass is 10.0. The van der Waals surface area contributed by atoms with Crippen LogP contribution in [-0.2, 0) is 4.79 Å². The zero-order valence-electron chi connectivity index (χ0n) is 16.8. The van der Waals surface area contributed by atoms with Crippen molar-refractivity contribution in [3.8, 4) is 17.1 Å². The van der Waals surface area contributed by atoms with Gasteiger partial charge in [0.1, 0.15) is 17.1 Å². The van der Waals surface area contributed by atoms with Crippen molar-refractivity contribution in [2.24, 2.45) is 10.9 Å². The van der Waals surface area contributed by atoms with Crippen LogP contribution in [0.4, 0.5) is 0 Å². The first-order valence-electron chi connectivity index (χ1n) is 9.24. The molecule has 28 heavy (non-hydrogen) atoms. The first kappa shape index (κ1) is 19.7. The normalized spacial score (nSPS) is 13.1. The van der Waals surface area contributed by atoms with E-state index in [9.17, 15) is 9.90 Å². The summed E-state index contributed by atoms with van der Waals surface area (Å²) in [6.45, 7) is 7.60. The third-order valence-electron chi connectivity index (χ3n) is 4.70. The van der Waals surface area contributed by atoms with Gasteiger partial charge in [0.15, 0.2) is 0 Å². The van der Waals surface area contributed by atoms with Crippen molar-refractivity contribution in [3.05, 3.63) is 58.9 Å². The number of methoxy groups -OCH3 is 1. The van der Waals surface area contributed by atoms with Crippen LogP contribution in [0.2, 0.25) is 0 Å². The van der Waals surface area contributed by atoms with Gasteiger partial charge in [0.2, 0.25) is 0 Å². The van der Waals surface area contributed by atoms with Gasteiger partial charge in [0.25, 0.3) is 0 Å². The lowest BCUT2D eigenvalue weighted by Crippen LogP contribution is -2.39. The van der Waals surface area contributed by atoms with Crippen LogP contribution >= 0.6 is 0 Å². The van der Waals surface area contributed by atoms with Crippen LogP contribution in [0.3, 0.4) is 0 Å². The van der Waals surface area contributed by atoms with Gasteiger partial charge >= 0.3 is 0 Å². The Morgan fingerprint density at radius 3 is 2.36 bits per heavy atom. The number of aliphatic carboxylic acids is 1. The maximum atomic E-state index is 11.6. The molecule has 0 fully saturated rings. The molecule has 0 bridgehead atoms. The highest BCUT2D eigenvalue weighted by atomic mass is 16.5. The Labute approximate surface area is 164 Å². The van der Waals surface area contributed by atoms with Gasteiger partial charge < -0.3 is 19.1 Å². The zero-order valence-corrected chi connectivity index (χ0v) is 16.8. The zero-order chi connectivity index (χ0) is 20.4. The lowest BCUT2D eigenvalue weighted by molar-refractivity contribution is -0.308. The third kappa shape index (κ3) is 3.93. The minimum absolute atomic E-state index is 0.187. The summed E-state index contributed by atoms with van der Waals surface area (Å²) in [6, 6.07) is 12.4. The molecule has 0 radical (unpaired) electrons. The van der Waals surface area contributed by atoms with E-state index in [-0.39, 0.29) is 5.92 Å². The number of carboxylic acids is 1. The highest BCUT2D eigenvalue weighted by Gasteiger charge is 2.15. The number of carbonyl (C=O) groups excluding carboxylic acids is 1. The number of fused-ring (bicyclic) bond motifs is 1. The molecule has 5 heteroatoms. The SMILES string of the molecule is COc1ccc(-c2cc(=N[C@H](C(=O)[O-])C(C)C)c3cc(C)cc(C)c3o2)cc1. The van der Waals surface area contributed by atoms with Crippen LogP contribution in [-0.4, -0.2) is 19.1 Å². The number of carbonyl (C=O) groups is 1. The van der Waals surface area contributed by atoms with E-state index >= 15 is 0 Å². The van der Waals surface area contributed by atoms with Crippen LogP contribution in [0.5, 0.6) is 5.75 Å². The number of hydrogen-bond acceptors (Lipinski definition) is 5. The van der Waals surface area contributed by atoms with Gasteiger partial charge in [-0.15, -0.1) is 0 Å². The highest BCUT2D eigenvalue weighted by Crippen LogP contribution is 2.26. The molecule has 0 aliphatic rings. The van der Waals surface area contributed by atoms with Gasteiger partial charge in [-0.25, -0.2) is 0 Å². The minimum Gasteiger partial charge on any atom is -0.548 e. The third-order valence-corrected chi connectivity index (χ3v) is 4.70. The topological polar surface area (TPSA) is 74.9 Å². The molecule has 3 aromatic rings. The number of rotatable bonds is 5. The summed E-state index contributed by atoms with van der Waals surface area (Å²) in [5.74, 6) is -0.00774. The van der Waals surface area contributed by atoms with E-state index in [0.717, 1.165) is 27.8 Å². The number of nitrogens with zero attached hydrogens (tertiary/aromatic N) is 1. The molecule has 2 aromatic carbocycles. The monoisotopic (exact) mass is 378 g/mol. The predicted octanol–water partition coefficient (Wildman–Crippen LogP) is 3.40. The summed E-state index contributed by atoms with van der Waals surface area (Å²) in [4.78, 5) is 16.1. The Kier molecular flexibility index (Phi) is 5.54. The van der Waals surface area contributed by atoms with Crippen molar-refractivity contribution in [2.45, 2.75) is 33.7 Å². The fraction of sp³-hybridized carbons (Fsp3) is 0.304.